The van der Waals surface area contributed by atoms with Gasteiger partial charge in [0.25, 0.3) is 0 Å². The summed E-state index contributed by atoms with van der Waals surface area (Å²) in [5.41, 5.74) is 2.99. The maximum Gasteiger partial charge on any atom is 0.189 e. The molecule has 2 rings (SSSR count). The number of thiophene rings is 1. The zero-order valence-corrected chi connectivity index (χ0v) is 12.3. The van der Waals surface area contributed by atoms with Crippen molar-refractivity contribution in [1.82, 2.24) is 10.3 Å². The van der Waals surface area contributed by atoms with Crippen LogP contribution >= 0.6 is 23.6 Å². The number of likely N-dealkylation sites (tertiary alicyclic amines) is 1. The minimum Gasteiger partial charge on any atom is -0.345 e. The molecule has 3 nitrogen and oxygen atoms in total. The highest BCUT2D eigenvalue weighted by atomic mass is 32.1. The van der Waals surface area contributed by atoms with E-state index in [4.69, 9.17) is 12.2 Å². The van der Waals surface area contributed by atoms with Crippen LogP contribution in [0.15, 0.2) is 22.6 Å². The molecule has 5 heteroatoms. The third-order valence-electron chi connectivity index (χ3n) is 3.25. The maximum atomic E-state index is 5.42. The Morgan fingerprint density at radius 3 is 3.28 bits per heavy atom. The van der Waals surface area contributed by atoms with Crippen LogP contribution in [0, 0.1) is 0 Å². The third-order valence-corrected chi connectivity index (χ3v) is 4.39. The van der Waals surface area contributed by atoms with Gasteiger partial charge in [-0.2, -0.15) is 5.10 Å². The Bertz CT molecular complexity index is 400. The second-order valence-corrected chi connectivity index (χ2v) is 5.81. The summed E-state index contributed by atoms with van der Waals surface area (Å²) in [7, 11) is 0. The fourth-order valence-electron chi connectivity index (χ4n) is 2.27. The van der Waals surface area contributed by atoms with Crippen molar-refractivity contribution in [3.63, 3.8) is 0 Å². The molecule has 1 aromatic rings. The molecular formula is C13H19N3S2. The molecule has 1 aromatic heterocycles. The summed E-state index contributed by atoms with van der Waals surface area (Å²) in [6, 6.07) is 4.63. The van der Waals surface area contributed by atoms with Crippen molar-refractivity contribution in [1.29, 1.82) is 0 Å². The number of hydrogen-bond donors (Lipinski definition) is 1. The van der Waals surface area contributed by atoms with Gasteiger partial charge in [0.2, 0.25) is 0 Å². The van der Waals surface area contributed by atoms with Crippen molar-refractivity contribution >= 4 is 34.9 Å². The molecule has 0 saturated carbocycles. The first-order valence-electron chi connectivity index (χ1n) is 6.44. The van der Waals surface area contributed by atoms with E-state index in [1.54, 1.807) is 11.3 Å². The quantitative estimate of drug-likeness (QED) is 0.524. The summed E-state index contributed by atoms with van der Waals surface area (Å²) in [5, 5.41) is 7.01. The van der Waals surface area contributed by atoms with E-state index in [1.807, 2.05) is 23.7 Å². The van der Waals surface area contributed by atoms with E-state index in [2.05, 4.69) is 22.4 Å². The van der Waals surface area contributed by atoms with Crippen molar-refractivity contribution in [2.24, 2.45) is 5.10 Å². The van der Waals surface area contributed by atoms with Crippen molar-refractivity contribution in [3.8, 4) is 0 Å². The number of rotatable bonds is 3. The summed E-state index contributed by atoms with van der Waals surface area (Å²) >= 11 is 7.09. The fraction of sp³-hybridized carbons (Fsp3) is 0.538. The summed E-state index contributed by atoms with van der Waals surface area (Å²) in [5.74, 6) is 0. The summed E-state index contributed by atoms with van der Waals surface area (Å²) in [6.45, 7) is 3.28. The first kappa shape index (κ1) is 13.5. The molecule has 0 bridgehead atoms. The maximum absolute atomic E-state index is 5.42. The van der Waals surface area contributed by atoms with Gasteiger partial charge in [-0.3, -0.25) is 5.43 Å². The number of hydrazone groups is 1. The molecule has 1 unspecified atom stereocenters. The van der Waals surface area contributed by atoms with Crippen molar-refractivity contribution in [2.75, 3.05) is 6.54 Å². The van der Waals surface area contributed by atoms with Gasteiger partial charge >= 0.3 is 0 Å². The fourth-order valence-corrected chi connectivity index (χ4v) is 3.15. The van der Waals surface area contributed by atoms with Crippen molar-refractivity contribution < 1.29 is 0 Å². The molecule has 0 radical (unpaired) electrons. The van der Waals surface area contributed by atoms with Gasteiger partial charge in [0, 0.05) is 17.5 Å². The Kier molecular flexibility index (Phi) is 5.13. The SMILES string of the molecule is CCC1CCCCN1C(=S)N/N=C\c1cccs1. The number of piperidine rings is 1. The minimum absolute atomic E-state index is 0.579. The van der Waals surface area contributed by atoms with Gasteiger partial charge < -0.3 is 4.90 Å². The average molecular weight is 281 g/mol. The van der Waals surface area contributed by atoms with Crippen LogP contribution in [0.4, 0.5) is 0 Å². The van der Waals surface area contributed by atoms with Crippen LogP contribution in [0.25, 0.3) is 0 Å². The van der Waals surface area contributed by atoms with Crippen LogP contribution in [0.1, 0.15) is 37.5 Å². The summed E-state index contributed by atoms with van der Waals surface area (Å²) in [6.07, 6.45) is 6.76. The molecule has 1 saturated heterocycles. The van der Waals surface area contributed by atoms with Crippen LogP contribution in [-0.2, 0) is 0 Å². The standard InChI is InChI=1S/C13H19N3S2/c1-2-11-6-3-4-8-16(11)13(17)15-14-10-12-7-5-9-18-12/h5,7,9-11H,2-4,6,8H2,1H3,(H,15,17)/b14-10-. The molecule has 1 fully saturated rings. The predicted octanol–water partition coefficient (Wildman–Crippen LogP) is 3.22. The largest absolute Gasteiger partial charge is 0.345 e. The van der Waals surface area contributed by atoms with Crippen LogP contribution < -0.4 is 5.43 Å². The predicted molar refractivity (Wildman–Crippen MR) is 82.3 cm³/mol. The van der Waals surface area contributed by atoms with Gasteiger partial charge in [-0.1, -0.05) is 13.0 Å². The summed E-state index contributed by atoms with van der Waals surface area (Å²) in [4.78, 5) is 3.42. The number of nitrogens with zero attached hydrogens (tertiary/aromatic N) is 2. The van der Waals surface area contributed by atoms with Gasteiger partial charge in [0.15, 0.2) is 5.11 Å². The molecule has 1 N–H and O–H groups in total. The molecule has 2 heterocycles. The van der Waals surface area contributed by atoms with Gasteiger partial charge in [0.1, 0.15) is 0 Å². The van der Waals surface area contributed by atoms with E-state index in [-0.39, 0.29) is 0 Å². The Labute approximate surface area is 118 Å². The normalized spacial score (nSPS) is 20.3. The molecule has 0 aromatic carbocycles. The monoisotopic (exact) mass is 281 g/mol. The van der Waals surface area contributed by atoms with E-state index in [9.17, 15) is 0 Å². The highest BCUT2D eigenvalue weighted by molar-refractivity contribution is 7.80. The van der Waals surface area contributed by atoms with E-state index >= 15 is 0 Å². The van der Waals surface area contributed by atoms with Crippen LogP contribution in [-0.4, -0.2) is 28.8 Å². The lowest BCUT2D eigenvalue weighted by Crippen LogP contribution is -2.47. The molecular weight excluding hydrogens is 262 g/mol. The highest BCUT2D eigenvalue weighted by Gasteiger charge is 2.22. The van der Waals surface area contributed by atoms with Gasteiger partial charge in [-0.15, -0.1) is 11.3 Å². The molecule has 0 spiro atoms. The topological polar surface area (TPSA) is 27.6 Å². The Balaban J connectivity index is 1.86. The first-order valence-corrected chi connectivity index (χ1v) is 7.73. The summed E-state index contributed by atoms with van der Waals surface area (Å²) < 4.78 is 0. The van der Waals surface area contributed by atoms with Crippen molar-refractivity contribution in [2.45, 2.75) is 38.6 Å². The lowest BCUT2D eigenvalue weighted by molar-refractivity contribution is 0.233. The number of nitrogens with one attached hydrogen (secondary N) is 1. The van der Waals surface area contributed by atoms with Crippen LogP contribution in [0.3, 0.4) is 0 Å². The molecule has 0 aliphatic carbocycles. The zero-order valence-electron chi connectivity index (χ0n) is 10.6. The van der Waals surface area contributed by atoms with Gasteiger partial charge in [-0.05, 0) is 49.3 Å². The van der Waals surface area contributed by atoms with Crippen LogP contribution in [0.2, 0.25) is 0 Å². The van der Waals surface area contributed by atoms with E-state index in [0.717, 1.165) is 23.0 Å². The Morgan fingerprint density at radius 1 is 1.67 bits per heavy atom. The molecule has 1 aliphatic heterocycles. The second kappa shape index (κ2) is 6.85. The molecule has 98 valence electrons. The van der Waals surface area contributed by atoms with E-state index < -0.39 is 0 Å². The number of hydrogen-bond acceptors (Lipinski definition) is 3. The molecule has 1 aliphatic rings. The van der Waals surface area contributed by atoms with E-state index in [0.29, 0.717) is 6.04 Å². The van der Waals surface area contributed by atoms with E-state index in [1.165, 1.54) is 19.3 Å². The average Bonchev–Trinajstić information content (AvgIpc) is 2.91. The lowest BCUT2D eigenvalue weighted by atomic mass is 10.0. The first-order chi connectivity index (χ1) is 8.81. The van der Waals surface area contributed by atoms with Crippen molar-refractivity contribution in [3.05, 3.63) is 22.4 Å². The molecule has 1 atom stereocenters. The molecule has 0 amide bonds. The Hall–Kier alpha value is -0.940. The lowest BCUT2D eigenvalue weighted by Gasteiger charge is -2.36. The van der Waals surface area contributed by atoms with Gasteiger partial charge in [0.05, 0.1) is 6.21 Å². The third kappa shape index (κ3) is 3.53. The highest BCUT2D eigenvalue weighted by Crippen LogP contribution is 2.19. The molecule has 18 heavy (non-hydrogen) atoms. The minimum atomic E-state index is 0.579. The second-order valence-electron chi connectivity index (χ2n) is 4.44. The smallest absolute Gasteiger partial charge is 0.189 e. The number of thiocarbonyl (C=S) groups is 1. The van der Waals surface area contributed by atoms with Gasteiger partial charge in [-0.25, -0.2) is 0 Å². The zero-order chi connectivity index (χ0) is 12.8. The van der Waals surface area contributed by atoms with Crippen LogP contribution in [0.5, 0.6) is 0 Å². The Morgan fingerprint density at radius 2 is 2.56 bits per heavy atom.